The van der Waals surface area contributed by atoms with Crippen molar-refractivity contribution in [3.8, 4) is 5.75 Å². The third kappa shape index (κ3) is 3.28. The molecule has 17 heavy (non-hydrogen) atoms. The topological polar surface area (TPSA) is 48.1 Å². The Hall–Kier alpha value is -1.39. The molecule has 0 saturated carbocycles. The first-order valence-electron chi connectivity index (χ1n) is 5.65. The van der Waals surface area contributed by atoms with Crippen molar-refractivity contribution in [3.05, 3.63) is 46.4 Å². The van der Waals surface area contributed by atoms with Crippen LogP contribution >= 0.6 is 11.3 Å². The van der Waals surface area contributed by atoms with E-state index in [1.54, 1.807) is 23.7 Å². The van der Waals surface area contributed by atoms with Crippen LogP contribution in [-0.4, -0.2) is 11.6 Å². The van der Waals surface area contributed by atoms with Gasteiger partial charge < -0.3 is 10.5 Å². The van der Waals surface area contributed by atoms with E-state index in [0.29, 0.717) is 6.61 Å². The van der Waals surface area contributed by atoms with Crippen molar-refractivity contribution in [1.82, 2.24) is 4.98 Å². The summed E-state index contributed by atoms with van der Waals surface area (Å²) in [5.74, 6) is 0.784. The number of nitrogens with two attached hydrogens (primary N) is 1. The zero-order chi connectivity index (χ0) is 12.1. The van der Waals surface area contributed by atoms with E-state index in [2.05, 4.69) is 16.4 Å². The van der Waals surface area contributed by atoms with E-state index in [9.17, 15) is 0 Å². The molecule has 3 nitrogen and oxygen atoms in total. The SMILES string of the molecule is CCOc1cncc(C(N)Cc2cccs2)c1. The van der Waals surface area contributed by atoms with Crippen molar-refractivity contribution in [2.75, 3.05) is 6.61 Å². The van der Waals surface area contributed by atoms with Crippen molar-refractivity contribution < 1.29 is 4.74 Å². The Morgan fingerprint density at radius 3 is 3.06 bits per heavy atom. The Bertz CT molecular complexity index is 456. The number of ether oxygens (including phenoxy) is 1. The molecule has 0 amide bonds. The molecule has 0 aromatic carbocycles. The average molecular weight is 248 g/mol. The van der Waals surface area contributed by atoms with Crippen molar-refractivity contribution in [2.24, 2.45) is 5.73 Å². The van der Waals surface area contributed by atoms with Crippen LogP contribution in [0.5, 0.6) is 5.75 Å². The Kier molecular flexibility index (Phi) is 4.12. The lowest BCUT2D eigenvalue weighted by atomic mass is 10.1. The summed E-state index contributed by atoms with van der Waals surface area (Å²) in [6.07, 6.45) is 4.36. The van der Waals surface area contributed by atoms with E-state index in [4.69, 9.17) is 10.5 Å². The van der Waals surface area contributed by atoms with Gasteiger partial charge in [-0.2, -0.15) is 0 Å². The summed E-state index contributed by atoms with van der Waals surface area (Å²) >= 11 is 1.73. The highest BCUT2D eigenvalue weighted by Crippen LogP contribution is 2.21. The molecule has 1 atom stereocenters. The molecule has 2 aromatic heterocycles. The van der Waals surface area contributed by atoms with E-state index >= 15 is 0 Å². The first-order chi connectivity index (χ1) is 8.29. The first-order valence-corrected chi connectivity index (χ1v) is 6.53. The predicted octanol–water partition coefficient (Wildman–Crippen LogP) is 2.78. The van der Waals surface area contributed by atoms with Gasteiger partial charge >= 0.3 is 0 Å². The molecule has 2 N–H and O–H groups in total. The summed E-state index contributed by atoms with van der Waals surface area (Å²) in [6, 6.07) is 6.09. The number of thiophene rings is 1. The van der Waals surface area contributed by atoms with Crippen molar-refractivity contribution in [3.63, 3.8) is 0 Å². The van der Waals surface area contributed by atoms with Gasteiger partial charge in [0.25, 0.3) is 0 Å². The average Bonchev–Trinajstić information content (AvgIpc) is 2.83. The van der Waals surface area contributed by atoms with Gasteiger partial charge in [0.1, 0.15) is 5.75 Å². The number of aromatic nitrogens is 1. The summed E-state index contributed by atoms with van der Waals surface area (Å²) in [5, 5.41) is 2.07. The van der Waals surface area contributed by atoms with E-state index in [1.165, 1.54) is 4.88 Å². The summed E-state index contributed by atoms with van der Waals surface area (Å²) < 4.78 is 5.42. The highest BCUT2D eigenvalue weighted by atomic mass is 32.1. The molecule has 0 aliphatic carbocycles. The molecular formula is C13H16N2OS. The zero-order valence-electron chi connectivity index (χ0n) is 9.80. The second kappa shape index (κ2) is 5.80. The van der Waals surface area contributed by atoms with Crippen molar-refractivity contribution >= 4 is 11.3 Å². The summed E-state index contributed by atoms with van der Waals surface area (Å²) in [7, 11) is 0. The highest BCUT2D eigenvalue weighted by molar-refractivity contribution is 7.09. The van der Waals surface area contributed by atoms with Gasteiger partial charge in [-0.25, -0.2) is 0 Å². The van der Waals surface area contributed by atoms with E-state index in [1.807, 2.05) is 19.1 Å². The lowest BCUT2D eigenvalue weighted by Crippen LogP contribution is -2.13. The second-order valence-corrected chi connectivity index (χ2v) is 4.81. The minimum atomic E-state index is -0.0263. The number of nitrogens with zero attached hydrogens (tertiary/aromatic N) is 1. The van der Waals surface area contributed by atoms with Crippen LogP contribution in [0.25, 0.3) is 0 Å². The van der Waals surface area contributed by atoms with Gasteiger partial charge in [0, 0.05) is 23.5 Å². The molecular weight excluding hydrogens is 232 g/mol. The summed E-state index contributed by atoms with van der Waals surface area (Å²) in [4.78, 5) is 5.44. The van der Waals surface area contributed by atoms with Crippen LogP contribution in [0.2, 0.25) is 0 Å². The van der Waals surface area contributed by atoms with Crippen LogP contribution < -0.4 is 10.5 Å². The summed E-state index contributed by atoms with van der Waals surface area (Å²) in [6.45, 7) is 2.60. The minimum absolute atomic E-state index is 0.0263. The molecule has 1 unspecified atom stereocenters. The smallest absolute Gasteiger partial charge is 0.137 e. The van der Waals surface area contributed by atoms with Gasteiger partial charge in [-0.05, 0) is 30.0 Å². The Labute approximate surface area is 105 Å². The molecule has 0 aliphatic heterocycles. The van der Waals surface area contributed by atoms with Crippen LogP contribution in [0.3, 0.4) is 0 Å². The monoisotopic (exact) mass is 248 g/mol. The van der Waals surface area contributed by atoms with Gasteiger partial charge in [0.15, 0.2) is 0 Å². The maximum Gasteiger partial charge on any atom is 0.137 e. The van der Waals surface area contributed by atoms with Gasteiger partial charge in [-0.3, -0.25) is 4.98 Å². The van der Waals surface area contributed by atoms with Gasteiger partial charge in [0.05, 0.1) is 12.8 Å². The van der Waals surface area contributed by atoms with Gasteiger partial charge in [-0.15, -0.1) is 11.3 Å². The number of hydrogen-bond acceptors (Lipinski definition) is 4. The van der Waals surface area contributed by atoms with Crippen LogP contribution in [0, 0.1) is 0 Å². The Morgan fingerprint density at radius 1 is 1.47 bits per heavy atom. The molecule has 4 heteroatoms. The fraction of sp³-hybridized carbons (Fsp3) is 0.308. The second-order valence-electron chi connectivity index (χ2n) is 3.78. The van der Waals surface area contributed by atoms with Crippen molar-refractivity contribution in [2.45, 2.75) is 19.4 Å². The fourth-order valence-corrected chi connectivity index (χ4v) is 2.41. The maximum absolute atomic E-state index is 6.16. The largest absolute Gasteiger partial charge is 0.492 e. The molecule has 90 valence electrons. The number of pyridine rings is 1. The molecule has 0 saturated heterocycles. The van der Waals surface area contributed by atoms with Gasteiger partial charge in [0.2, 0.25) is 0 Å². The Morgan fingerprint density at radius 2 is 2.35 bits per heavy atom. The van der Waals surface area contributed by atoms with E-state index < -0.39 is 0 Å². The van der Waals surface area contributed by atoms with Crippen LogP contribution in [0.1, 0.15) is 23.4 Å². The first kappa shape index (κ1) is 12.1. The van der Waals surface area contributed by atoms with Crippen LogP contribution in [0.4, 0.5) is 0 Å². The molecule has 2 heterocycles. The standard InChI is InChI=1S/C13H16N2OS/c1-2-16-11-6-10(8-15-9-11)13(14)7-12-4-3-5-17-12/h3-6,8-9,13H,2,7,14H2,1H3. The quantitative estimate of drug-likeness (QED) is 0.885. The van der Waals surface area contributed by atoms with Gasteiger partial charge in [-0.1, -0.05) is 6.07 Å². The van der Waals surface area contributed by atoms with E-state index in [0.717, 1.165) is 17.7 Å². The third-order valence-corrected chi connectivity index (χ3v) is 3.37. The predicted molar refractivity (Wildman–Crippen MR) is 70.4 cm³/mol. The maximum atomic E-state index is 6.16. The van der Waals surface area contributed by atoms with Crippen LogP contribution in [0.15, 0.2) is 36.0 Å². The zero-order valence-corrected chi connectivity index (χ0v) is 10.6. The normalized spacial score (nSPS) is 12.4. The minimum Gasteiger partial charge on any atom is -0.492 e. The molecule has 0 spiro atoms. The highest BCUT2D eigenvalue weighted by Gasteiger charge is 2.09. The Balaban J connectivity index is 2.07. The molecule has 2 aromatic rings. The number of hydrogen-bond donors (Lipinski definition) is 1. The molecule has 0 aliphatic rings. The molecule has 0 radical (unpaired) electrons. The summed E-state index contributed by atoms with van der Waals surface area (Å²) in [5.41, 5.74) is 7.18. The van der Waals surface area contributed by atoms with Crippen molar-refractivity contribution in [1.29, 1.82) is 0 Å². The lowest BCUT2D eigenvalue weighted by Gasteiger charge is -2.11. The molecule has 0 fully saturated rings. The number of rotatable bonds is 5. The fourth-order valence-electron chi connectivity index (χ4n) is 1.65. The lowest BCUT2D eigenvalue weighted by molar-refractivity contribution is 0.338. The third-order valence-electron chi connectivity index (χ3n) is 2.47. The van der Waals surface area contributed by atoms with E-state index in [-0.39, 0.29) is 6.04 Å². The molecule has 0 bridgehead atoms. The van der Waals surface area contributed by atoms with Crippen LogP contribution in [-0.2, 0) is 6.42 Å². The molecule has 2 rings (SSSR count).